The molecule has 2 aromatic carbocycles. The lowest BCUT2D eigenvalue weighted by Crippen LogP contribution is -2.37. The molecule has 152 valence electrons. The summed E-state index contributed by atoms with van der Waals surface area (Å²) >= 11 is 0. The minimum atomic E-state index is 0.0532. The normalized spacial score (nSPS) is 23.2. The van der Waals surface area contributed by atoms with Gasteiger partial charge in [0, 0.05) is 38.4 Å². The molecule has 0 radical (unpaired) electrons. The van der Waals surface area contributed by atoms with E-state index in [1.54, 1.807) is 14.0 Å². The molecule has 2 aliphatic heterocycles. The largest absolute Gasteiger partial charge is 0.497 e. The second kappa shape index (κ2) is 7.90. The summed E-state index contributed by atoms with van der Waals surface area (Å²) in [6.07, 6.45) is 0.398. The number of ether oxygens (including phenoxy) is 1. The number of hydrogen-bond acceptors (Lipinski definition) is 3. The van der Waals surface area contributed by atoms with E-state index in [2.05, 4.69) is 19.1 Å². The van der Waals surface area contributed by atoms with E-state index in [9.17, 15) is 9.59 Å². The lowest BCUT2D eigenvalue weighted by molar-refractivity contribution is -0.131. The molecule has 0 aliphatic carbocycles. The van der Waals surface area contributed by atoms with Crippen molar-refractivity contribution in [3.63, 3.8) is 0 Å². The summed E-state index contributed by atoms with van der Waals surface area (Å²) in [5.74, 6) is 1.69. The van der Waals surface area contributed by atoms with Gasteiger partial charge in [0.1, 0.15) is 5.75 Å². The average molecular weight is 392 g/mol. The van der Waals surface area contributed by atoms with Gasteiger partial charge in [-0.05, 0) is 35.7 Å². The maximum Gasteiger partial charge on any atom is 0.227 e. The summed E-state index contributed by atoms with van der Waals surface area (Å²) in [5, 5.41) is 0. The van der Waals surface area contributed by atoms with E-state index in [1.165, 1.54) is 11.1 Å². The standard InChI is InChI=1S/C24H28N2O3/c1-16-6-4-5-7-21(16)24-22-15-25(13-19(22)14-26(24)17(2)27)23(28)12-18-8-10-20(29-3)11-9-18/h4-11,19,22,24H,12-15H2,1-3H3/t19-,22-,24-/m1/s1. The lowest BCUT2D eigenvalue weighted by atomic mass is 9.87. The zero-order valence-electron chi connectivity index (χ0n) is 17.3. The van der Waals surface area contributed by atoms with Crippen molar-refractivity contribution in [2.75, 3.05) is 26.7 Å². The second-order valence-corrected chi connectivity index (χ2v) is 8.22. The molecule has 3 atom stereocenters. The summed E-state index contributed by atoms with van der Waals surface area (Å²) in [6.45, 7) is 5.92. The van der Waals surface area contributed by atoms with Crippen LogP contribution in [0.15, 0.2) is 48.5 Å². The summed E-state index contributed by atoms with van der Waals surface area (Å²) in [5.41, 5.74) is 3.40. The molecule has 0 aromatic heterocycles. The Balaban J connectivity index is 1.50. The van der Waals surface area contributed by atoms with Crippen molar-refractivity contribution in [2.24, 2.45) is 11.8 Å². The van der Waals surface area contributed by atoms with Crippen molar-refractivity contribution in [1.29, 1.82) is 0 Å². The van der Waals surface area contributed by atoms with Crippen LogP contribution in [0.4, 0.5) is 0 Å². The van der Waals surface area contributed by atoms with Crippen molar-refractivity contribution in [3.8, 4) is 5.75 Å². The summed E-state index contributed by atoms with van der Waals surface area (Å²) in [7, 11) is 1.64. The van der Waals surface area contributed by atoms with Gasteiger partial charge in [0.25, 0.3) is 0 Å². The Morgan fingerprint density at radius 2 is 1.76 bits per heavy atom. The van der Waals surface area contributed by atoms with Crippen LogP contribution < -0.4 is 4.74 Å². The molecule has 5 nitrogen and oxygen atoms in total. The topological polar surface area (TPSA) is 49.9 Å². The van der Waals surface area contributed by atoms with Gasteiger partial charge in [0.2, 0.25) is 11.8 Å². The highest BCUT2D eigenvalue weighted by Crippen LogP contribution is 2.45. The van der Waals surface area contributed by atoms with Gasteiger partial charge in [0.05, 0.1) is 19.6 Å². The molecular weight excluding hydrogens is 364 g/mol. The van der Waals surface area contributed by atoms with Gasteiger partial charge < -0.3 is 14.5 Å². The molecule has 0 unspecified atom stereocenters. The predicted molar refractivity (Wildman–Crippen MR) is 112 cm³/mol. The molecule has 2 fully saturated rings. The molecular formula is C24H28N2O3. The molecule has 2 amide bonds. The van der Waals surface area contributed by atoms with Crippen LogP contribution >= 0.6 is 0 Å². The third kappa shape index (κ3) is 3.74. The lowest BCUT2D eigenvalue weighted by Gasteiger charge is -2.30. The van der Waals surface area contributed by atoms with E-state index >= 15 is 0 Å². The Bertz CT molecular complexity index is 909. The van der Waals surface area contributed by atoms with Gasteiger partial charge in [-0.3, -0.25) is 9.59 Å². The summed E-state index contributed by atoms with van der Waals surface area (Å²) in [6, 6.07) is 16.0. The number of hydrogen-bond donors (Lipinski definition) is 0. The fourth-order valence-electron chi connectivity index (χ4n) is 4.92. The number of fused-ring (bicyclic) bond motifs is 1. The minimum absolute atomic E-state index is 0.0532. The SMILES string of the molecule is COc1ccc(CC(=O)N2C[C@@H]3CN(C(C)=O)[C@H](c4ccccc4C)[C@@H]3C2)cc1. The van der Waals surface area contributed by atoms with Crippen LogP contribution in [0.2, 0.25) is 0 Å². The minimum Gasteiger partial charge on any atom is -0.497 e. The van der Waals surface area contributed by atoms with Crippen molar-refractivity contribution < 1.29 is 14.3 Å². The molecule has 0 spiro atoms. The highest BCUT2D eigenvalue weighted by molar-refractivity contribution is 5.79. The number of aryl methyl sites for hydroxylation is 1. The van der Waals surface area contributed by atoms with Crippen LogP contribution in [0.25, 0.3) is 0 Å². The number of amides is 2. The Labute approximate surface area is 172 Å². The fourth-order valence-corrected chi connectivity index (χ4v) is 4.92. The van der Waals surface area contributed by atoms with Crippen LogP contribution in [0, 0.1) is 18.8 Å². The van der Waals surface area contributed by atoms with Crippen LogP contribution in [0.1, 0.15) is 29.7 Å². The zero-order valence-corrected chi connectivity index (χ0v) is 17.3. The van der Waals surface area contributed by atoms with Crippen molar-refractivity contribution in [2.45, 2.75) is 26.3 Å². The predicted octanol–water partition coefficient (Wildman–Crippen LogP) is 3.22. The molecule has 0 saturated carbocycles. The van der Waals surface area contributed by atoms with E-state index in [1.807, 2.05) is 46.2 Å². The first-order chi connectivity index (χ1) is 14.0. The van der Waals surface area contributed by atoms with E-state index in [-0.39, 0.29) is 17.9 Å². The van der Waals surface area contributed by atoms with Gasteiger partial charge >= 0.3 is 0 Å². The zero-order chi connectivity index (χ0) is 20.5. The van der Waals surface area contributed by atoms with Crippen LogP contribution in [-0.2, 0) is 16.0 Å². The van der Waals surface area contributed by atoms with Gasteiger partial charge in [-0.1, -0.05) is 36.4 Å². The van der Waals surface area contributed by atoms with Crippen molar-refractivity contribution in [3.05, 3.63) is 65.2 Å². The number of methoxy groups -OCH3 is 1. The van der Waals surface area contributed by atoms with Crippen LogP contribution in [-0.4, -0.2) is 48.4 Å². The fraction of sp³-hybridized carbons (Fsp3) is 0.417. The highest BCUT2D eigenvalue weighted by atomic mass is 16.5. The van der Waals surface area contributed by atoms with E-state index in [4.69, 9.17) is 4.74 Å². The van der Waals surface area contributed by atoms with E-state index in [0.29, 0.717) is 24.8 Å². The Morgan fingerprint density at radius 1 is 1.03 bits per heavy atom. The second-order valence-electron chi connectivity index (χ2n) is 8.22. The first-order valence-corrected chi connectivity index (χ1v) is 10.2. The monoisotopic (exact) mass is 392 g/mol. The number of nitrogens with zero attached hydrogens (tertiary/aromatic N) is 2. The number of likely N-dealkylation sites (tertiary alicyclic amines) is 2. The molecule has 0 N–H and O–H groups in total. The molecule has 2 heterocycles. The van der Waals surface area contributed by atoms with Gasteiger partial charge in [-0.2, -0.15) is 0 Å². The third-order valence-corrected chi connectivity index (χ3v) is 6.44. The molecule has 2 aliphatic rings. The molecule has 0 bridgehead atoms. The van der Waals surface area contributed by atoms with Crippen LogP contribution in [0.5, 0.6) is 5.75 Å². The molecule has 29 heavy (non-hydrogen) atoms. The quantitative estimate of drug-likeness (QED) is 0.803. The maximum absolute atomic E-state index is 12.9. The van der Waals surface area contributed by atoms with E-state index in [0.717, 1.165) is 24.4 Å². The molecule has 5 heteroatoms. The van der Waals surface area contributed by atoms with Crippen molar-refractivity contribution >= 4 is 11.8 Å². The third-order valence-electron chi connectivity index (χ3n) is 6.44. The highest BCUT2D eigenvalue weighted by Gasteiger charge is 2.49. The maximum atomic E-state index is 12.9. The molecule has 2 saturated heterocycles. The Kier molecular flexibility index (Phi) is 5.31. The number of carbonyl (C=O) groups excluding carboxylic acids is 2. The van der Waals surface area contributed by atoms with Gasteiger partial charge in [-0.15, -0.1) is 0 Å². The smallest absolute Gasteiger partial charge is 0.227 e. The summed E-state index contributed by atoms with van der Waals surface area (Å²) in [4.78, 5) is 29.2. The number of carbonyl (C=O) groups is 2. The van der Waals surface area contributed by atoms with Crippen LogP contribution in [0.3, 0.4) is 0 Å². The Morgan fingerprint density at radius 3 is 2.41 bits per heavy atom. The van der Waals surface area contributed by atoms with Crippen molar-refractivity contribution in [1.82, 2.24) is 9.80 Å². The number of rotatable bonds is 4. The Hall–Kier alpha value is -2.82. The molecule has 2 aromatic rings. The first kappa shape index (κ1) is 19.5. The van der Waals surface area contributed by atoms with Gasteiger partial charge in [-0.25, -0.2) is 0 Å². The summed E-state index contributed by atoms with van der Waals surface area (Å²) < 4.78 is 5.19. The molecule has 4 rings (SSSR count). The van der Waals surface area contributed by atoms with E-state index < -0.39 is 0 Å². The van der Waals surface area contributed by atoms with Gasteiger partial charge in [0.15, 0.2) is 0 Å². The first-order valence-electron chi connectivity index (χ1n) is 10.2. The average Bonchev–Trinajstić information content (AvgIpc) is 3.27. The number of benzene rings is 2.